The highest BCUT2D eigenvalue weighted by Crippen LogP contribution is 2.35. The third kappa shape index (κ3) is 4.67. The number of nitrogens with zero attached hydrogens (tertiary/aromatic N) is 2. The van der Waals surface area contributed by atoms with Crippen molar-refractivity contribution < 1.29 is 9.59 Å². The topological polar surface area (TPSA) is 71.4 Å². The molecule has 2 aliphatic rings. The maximum absolute atomic E-state index is 13.0. The van der Waals surface area contributed by atoms with Crippen molar-refractivity contribution in [3.05, 3.63) is 106 Å². The summed E-state index contributed by atoms with van der Waals surface area (Å²) in [5, 5.41) is 3.12. The minimum absolute atomic E-state index is 0.00699. The van der Waals surface area contributed by atoms with Gasteiger partial charge in [0, 0.05) is 50.2 Å². The fraction of sp³-hybridized carbons (Fsp3) is 0.321. The number of carbonyl (C=O) groups is 2. The van der Waals surface area contributed by atoms with Crippen molar-refractivity contribution in [3.63, 3.8) is 0 Å². The summed E-state index contributed by atoms with van der Waals surface area (Å²) >= 11 is 0. The maximum atomic E-state index is 13.0. The van der Waals surface area contributed by atoms with E-state index in [1.165, 1.54) is 0 Å². The molecule has 34 heavy (non-hydrogen) atoms. The Morgan fingerprint density at radius 1 is 0.824 bits per heavy atom. The number of hydrogen-bond donors (Lipinski definition) is 1. The number of fused-ring (bicyclic) bond motifs is 4. The van der Waals surface area contributed by atoms with Gasteiger partial charge in [0.25, 0.3) is 5.56 Å². The van der Waals surface area contributed by atoms with Gasteiger partial charge in [0.15, 0.2) is 0 Å². The Hall–Kier alpha value is -3.67. The Kier molecular flexibility index (Phi) is 6.30. The molecule has 0 aliphatic carbocycles. The summed E-state index contributed by atoms with van der Waals surface area (Å²) in [6.07, 6.45) is 1.34. The second kappa shape index (κ2) is 9.67. The highest BCUT2D eigenvalue weighted by molar-refractivity contribution is 5.84. The molecule has 2 aromatic carbocycles. The van der Waals surface area contributed by atoms with Gasteiger partial charge < -0.3 is 14.8 Å². The third-order valence-electron chi connectivity index (χ3n) is 6.97. The van der Waals surface area contributed by atoms with Gasteiger partial charge in [-0.2, -0.15) is 0 Å². The molecule has 2 bridgehead atoms. The van der Waals surface area contributed by atoms with Crippen molar-refractivity contribution in [2.75, 3.05) is 13.1 Å². The van der Waals surface area contributed by atoms with Crippen molar-refractivity contribution in [1.82, 2.24) is 14.8 Å². The van der Waals surface area contributed by atoms with Crippen LogP contribution >= 0.6 is 0 Å². The molecule has 0 unspecified atom stereocenters. The molecule has 2 atom stereocenters. The molecular weight excluding hydrogens is 426 g/mol. The fourth-order valence-electron chi connectivity index (χ4n) is 5.36. The van der Waals surface area contributed by atoms with Gasteiger partial charge in [-0.05, 0) is 29.5 Å². The molecule has 2 aliphatic heterocycles. The van der Waals surface area contributed by atoms with Gasteiger partial charge in [0.05, 0.1) is 6.04 Å². The predicted molar refractivity (Wildman–Crippen MR) is 130 cm³/mol. The Balaban J connectivity index is 1.22. The van der Waals surface area contributed by atoms with Gasteiger partial charge in [-0.25, -0.2) is 0 Å². The SMILES string of the molecule is O=C(CCC(=O)N1C[C@@H]2C[C@@H](C1)c1cccc(=O)n1C2)NC(c1ccccc1)c1ccccc1. The van der Waals surface area contributed by atoms with E-state index in [9.17, 15) is 14.4 Å². The van der Waals surface area contributed by atoms with Crippen LogP contribution in [0.5, 0.6) is 0 Å². The van der Waals surface area contributed by atoms with E-state index in [1.54, 1.807) is 12.1 Å². The number of pyridine rings is 1. The molecule has 2 amide bonds. The van der Waals surface area contributed by atoms with Crippen molar-refractivity contribution in [2.45, 2.75) is 37.8 Å². The lowest BCUT2D eigenvalue weighted by Crippen LogP contribution is -2.49. The first-order valence-electron chi connectivity index (χ1n) is 12.0. The standard InChI is InChI=1S/C28H29N3O3/c32-25(29-28(21-8-3-1-4-9-21)22-10-5-2-6-11-22)14-15-26(33)30-17-20-16-23(19-30)24-12-7-13-27(34)31(24)18-20/h1-13,20,23,28H,14-19H2,(H,29,32)/t20-,23-/m0/s1. The normalized spacial score (nSPS) is 18.9. The first-order chi connectivity index (χ1) is 16.6. The number of aromatic nitrogens is 1. The average molecular weight is 456 g/mol. The van der Waals surface area contributed by atoms with Crippen LogP contribution in [0.15, 0.2) is 83.7 Å². The quantitative estimate of drug-likeness (QED) is 0.619. The molecule has 3 aromatic rings. The highest BCUT2D eigenvalue weighted by Gasteiger charge is 2.36. The molecule has 1 fully saturated rings. The lowest BCUT2D eigenvalue weighted by atomic mass is 9.83. The summed E-state index contributed by atoms with van der Waals surface area (Å²) in [5.74, 6) is 0.331. The first-order valence-corrected chi connectivity index (χ1v) is 12.0. The molecule has 3 heterocycles. The number of hydrogen-bond acceptors (Lipinski definition) is 3. The molecular formula is C28H29N3O3. The van der Waals surface area contributed by atoms with Crippen molar-refractivity contribution in [2.24, 2.45) is 5.92 Å². The zero-order chi connectivity index (χ0) is 23.5. The van der Waals surface area contributed by atoms with E-state index in [2.05, 4.69) is 5.32 Å². The lowest BCUT2D eigenvalue weighted by Gasteiger charge is -2.42. The van der Waals surface area contributed by atoms with E-state index in [1.807, 2.05) is 76.2 Å². The molecule has 1 aromatic heterocycles. The number of likely N-dealkylation sites (tertiary alicyclic amines) is 1. The number of rotatable bonds is 6. The molecule has 0 radical (unpaired) electrons. The van der Waals surface area contributed by atoms with Crippen molar-refractivity contribution in [1.29, 1.82) is 0 Å². The zero-order valence-corrected chi connectivity index (χ0v) is 19.1. The highest BCUT2D eigenvalue weighted by atomic mass is 16.2. The zero-order valence-electron chi connectivity index (χ0n) is 19.1. The van der Waals surface area contributed by atoms with Crippen LogP contribution in [0.4, 0.5) is 0 Å². The van der Waals surface area contributed by atoms with E-state index >= 15 is 0 Å². The number of nitrogens with one attached hydrogen (secondary N) is 1. The fourth-order valence-corrected chi connectivity index (χ4v) is 5.36. The average Bonchev–Trinajstić information content (AvgIpc) is 2.87. The minimum Gasteiger partial charge on any atom is -0.345 e. The van der Waals surface area contributed by atoms with Crippen LogP contribution in [0.25, 0.3) is 0 Å². The molecule has 0 spiro atoms. The van der Waals surface area contributed by atoms with Crippen molar-refractivity contribution in [3.8, 4) is 0 Å². The van der Waals surface area contributed by atoms with Crippen LogP contribution < -0.4 is 10.9 Å². The van der Waals surface area contributed by atoms with Gasteiger partial charge in [0.2, 0.25) is 11.8 Å². The number of carbonyl (C=O) groups excluding carboxylic acids is 2. The van der Waals surface area contributed by atoms with Gasteiger partial charge in [0.1, 0.15) is 0 Å². The van der Waals surface area contributed by atoms with Crippen LogP contribution in [0.1, 0.15) is 48.0 Å². The second-order valence-electron chi connectivity index (χ2n) is 9.32. The minimum atomic E-state index is -0.255. The lowest BCUT2D eigenvalue weighted by molar-refractivity contribution is -0.136. The van der Waals surface area contributed by atoms with E-state index in [4.69, 9.17) is 0 Å². The van der Waals surface area contributed by atoms with Gasteiger partial charge in [-0.3, -0.25) is 14.4 Å². The van der Waals surface area contributed by atoms with Crippen LogP contribution in [-0.2, 0) is 16.1 Å². The second-order valence-corrected chi connectivity index (χ2v) is 9.32. The molecule has 6 nitrogen and oxygen atoms in total. The summed E-state index contributed by atoms with van der Waals surface area (Å²) in [7, 11) is 0. The number of amides is 2. The predicted octanol–water partition coefficient (Wildman–Crippen LogP) is 3.48. The number of piperidine rings is 1. The third-order valence-corrected chi connectivity index (χ3v) is 6.97. The van der Waals surface area contributed by atoms with E-state index in [0.717, 1.165) is 23.2 Å². The van der Waals surface area contributed by atoms with Gasteiger partial charge >= 0.3 is 0 Å². The van der Waals surface area contributed by atoms with Gasteiger partial charge in [-0.1, -0.05) is 66.7 Å². The Morgan fingerprint density at radius 2 is 1.50 bits per heavy atom. The van der Waals surface area contributed by atoms with Gasteiger partial charge in [-0.15, -0.1) is 0 Å². The van der Waals surface area contributed by atoms with Crippen molar-refractivity contribution >= 4 is 11.8 Å². The van der Waals surface area contributed by atoms with Crippen LogP contribution in [0, 0.1) is 5.92 Å². The smallest absolute Gasteiger partial charge is 0.250 e. The molecule has 5 rings (SSSR count). The Bertz CT molecular complexity index is 1180. The Labute approximate surface area is 199 Å². The molecule has 1 N–H and O–H groups in total. The monoisotopic (exact) mass is 455 g/mol. The van der Waals surface area contributed by atoms with E-state index in [-0.39, 0.29) is 48.1 Å². The Morgan fingerprint density at radius 3 is 2.18 bits per heavy atom. The van der Waals surface area contributed by atoms with Crippen LogP contribution in [0.2, 0.25) is 0 Å². The molecule has 174 valence electrons. The summed E-state index contributed by atoms with van der Waals surface area (Å²) in [5.41, 5.74) is 3.07. The first kappa shape index (κ1) is 22.1. The maximum Gasteiger partial charge on any atom is 0.250 e. The molecule has 6 heteroatoms. The summed E-state index contributed by atoms with van der Waals surface area (Å²) in [4.78, 5) is 40.0. The van der Waals surface area contributed by atoms with Crippen LogP contribution in [-0.4, -0.2) is 34.4 Å². The summed E-state index contributed by atoms with van der Waals surface area (Å²) < 4.78 is 1.86. The summed E-state index contributed by atoms with van der Waals surface area (Å²) in [6.45, 7) is 1.91. The summed E-state index contributed by atoms with van der Waals surface area (Å²) in [6, 6.07) is 24.9. The molecule has 0 saturated carbocycles. The number of benzene rings is 2. The van der Waals surface area contributed by atoms with E-state index in [0.29, 0.717) is 19.6 Å². The largest absolute Gasteiger partial charge is 0.345 e. The molecule has 1 saturated heterocycles. The van der Waals surface area contributed by atoms with E-state index < -0.39 is 0 Å². The van der Waals surface area contributed by atoms with Crippen LogP contribution in [0.3, 0.4) is 0 Å².